The van der Waals surface area contributed by atoms with Crippen LogP contribution in [0.4, 0.5) is 0 Å². The third kappa shape index (κ3) is 7.71. The summed E-state index contributed by atoms with van der Waals surface area (Å²) >= 11 is 0. The minimum atomic E-state index is -0.694. The van der Waals surface area contributed by atoms with Crippen molar-refractivity contribution in [1.82, 2.24) is 9.80 Å². The number of carbonyl (C=O) groups is 2. The molecule has 0 radical (unpaired) electrons. The van der Waals surface area contributed by atoms with E-state index in [0.717, 1.165) is 24.0 Å². The zero-order valence-corrected chi connectivity index (χ0v) is 23.5. The van der Waals surface area contributed by atoms with Crippen molar-refractivity contribution in [1.29, 1.82) is 10.5 Å². The normalized spacial score (nSPS) is 11.9. The van der Waals surface area contributed by atoms with Crippen LogP contribution in [0.3, 0.4) is 0 Å². The summed E-state index contributed by atoms with van der Waals surface area (Å²) < 4.78 is 0. The highest BCUT2D eigenvalue weighted by Gasteiger charge is 2.27. The van der Waals surface area contributed by atoms with Crippen molar-refractivity contribution >= 4 is 11.8 Å². The number of unbranched alkanes of at least 4 members (excludes halogenated alkanes) is 3. The van der Waals surface area contributed by atoms with Gasteiger partial charge in [0, 0.05) is 24.2 Å². The molecule has 6 nitrogen and oxygen atoms in total. The fourth-order valence-electron chi connectivity index (χ4n) is 5.03. The average Bonchev–Trinajstić information content (AvgIpc) is 3.06. The van der Waals surface area contributed by atoms with Gasteiger partial charge in [-0.3, -0.25) is 9.59 Å². The van der Waals surface area contributed by atoms with Crippen molar-refractivity contribution in [3.05, 3.63) is 144 Å². The highest BCUT2D eigenvalue weighted by molar-refractivity contribution is 5.95. The van der Waals surface area contributed by atoms with Crippen LogP contribution in [0, 0.1) is 22.7 Å². The van der Waals surface area contributed by atoms with Crippen LogP contribution in [0.5, 0.6) is 0 Å². The van der Waals surface area contributed by atoms with Gasteiger partial charge in [-0.05, 0) is 48.2 Å². The maximum atomic E-state index is 13.5. The number of nitriles is 2. The summed E-state index contributed by atoms with van der Waals surface area (Å²) in [6, 6.07) is 40.1. The van der Waals surface area contributed by atoms with Crippen LogP contribution < -0.4 is 0 Å². The molecule has 4 aromatic rings. The summed E-state index contributed by atoms with van der Waals surface area (Å²) in [5, 5.41) is 20.1. The molecule has 0 aromatic heterocycles. The van der Waals surface area contributed by atoms with Crippen molar-refractivity contribution in [3.8, 4) is 12.1 Å². The molecule has 42 heavy (non-hydrogen) atoms. The number of hydrogen-bond acceptors (Lipinski definition) is 4. The van der Waals surface area contributed by atoms with Gasteiger partial charge in [0.1, 0.15) is 12.1 Å². The molecule has 0 unspecified atom stereocenters. The monoisotopic (exact) mass is 554 g/mol. The summed E-state index contributed by atoms with van der Waals surface area (Å²) in [5.74, 6) is -0.351. The van der Waals surface area contributed by atoms with E-state index < -0.39 is 12.1 Å². The van der Waals surface area contributed by atoms with E-state index in [4.69, 9.17) is 0 Å². The summed E-state index contributed by atoms with van der Waals surface area (Å²) in [6.07, 6.45) is 3.02. The molecule has 0 fully saturated rings. The molecule has 0 aliphatic carbocycles. The van der Waals surface area contributed by atoms with E-state index in [1.54, 1.807) is 34.1 Å². The Morgan fingerprint density at radius 3 is 1.12 bits per heavy atom. The van der Waals surface area contributed by atoms with E-state index in [0.29, 0.717) is 37.1 Å². The molecular formula is C36H34N4O2. The molecule has 0 N–H and O–H groups in total. The lowest BCUT2D eigenvalue weighted by molar-refractivity contribution is 0.0698. The quantitative estimate of drug-likeness (QED) is 0.162. The van der Waals surface area contributed by atoms with Gasteiger partial charge in [-0.2, -0.15) is 10.5 Å². The standard InChI is InChI=1S/C36H34N4O2/c37-27-33(29-17-7-3-8-18-29)39(35(41)31-21-11-5-12-22-31)25-15-1-2-16-26-40(36(42)32-23-13-6-14-24-32)34(28-38)30-19-9-4-10-20-30/h3-14,17-24,33-34H,1-2,15-16,25-26H2/t33-,34+. The fraction of sp³-hybridized carbons (Fsp3) is 0.222. The number of hydrogen-bond donors (Lipinski definition) is 0. The van der Waals surface area contributed by atoms with E-state index in [1.807, 2.05) is 97.1 Å². The van der Waals surface area contributed by atoms with Crippen molar-refractivity contribution in [2.75, 3.05) is 13.1 Å². The lowest BCUT2D eigenvalue weighted by atomic mass is 10.0. The molecule has 6 heteroatoms. The highest BCUT2D eigenvalue weighted by Crippen LogP contribution is 2.25. The SMILES string of the molecule is N#C[C@H](c1ccccc1)N(CCCCCCN(C(=O)c1ccccc1)[C@@H](C#N)c1ccccc1)C(=O)c1ccccc1. The molecule has 0 heterocycles. The first kappa shape index (κ1) is 29.8. The first-order chi connectivity index (χ1) is 20.6. The van der Waals surface area contributed by atoms with E-state index in [2.05, 4.69) is 12.1 Å². The zero-order valence-electron chi connectivity index (χ0n) is 23.5. The van der Waals surface area contributed by atoms with E-state index >= 15 is 0 Å². The van der Waals surface area contributed by atoms with Gasteiger partial charge in [-0.25, -0.2) is 0 Å². The molecule has 210 valence electrons. The molecule has 0 aliphatic heterocycles. The van der Waals surface area contributed by atoms with Crippen LogP contribution in [-0.4, -0.2) is 34.7 Å². The molecule has 0 saturated carbocycles. The van der Waals surface area contributed by atoms with Crippen LogP contribution in [0.25, 0.3) is 0 Å². The van der Waals surface area contributed by atoms with Crippen molar-refractivity contribution < 1.29 is 9.59 Å². The fourth-order valence-corrected chi connectivity index (χ4v) is 5.03. The van der Waals surface area contributed by atoms with Crippen LogP contribution in [-0.2, 0) is 0 Å². The molecule has 4 rings (SSSR count). The second kappa shape index (κ2) is 15.6. The first-order valence-corrected chi connectivity index (χ1v) is 14.2. The van der Waals surface area contributed by atoms with Gasteiger partial charge >= 0.3 is 0 Å². The van der Waals surface area contributed by atoms with Gasteiger partial charge in [-0.1, -0.05) is 110 Å². The van der Waals surface area contributed by atoms with E-state index in [9.17, 15) is 20.1 Å². The predicted octanol–water partition coefficient (Wildman–Crippen LogP) is 7.36. The Hall–Kier alpha value is -5.20. The third-order valence-electron chi connectivity index (χ3n) is 7.21. The van der Waals surface area contributed by atoms with E-state index in [-0.39, 0.29) is 11.8 Å². The second-order valence-electron chi connectivity index (χ2n) is 10.0. The van der Waals surface area contributed by atoms with E-state index in [1.165, 1.54) is 0 Å². The number of benzene rings is 4. The maximum absolute atomic E-state index is 13.5. The number of carbonyl (C=O) groups excluding carboxylic acids is 2. The summed E-state index contributed by atoms with van der Waals surface area (Å²) in [7, 11) is 0. The van der Waals surface area contributed by atoms with Crippen LogP contribution in [0.1, 0.15) is 69.6 Å². The minimum Gasteiger partial charge on any atom is -0.319 e. The van der Waals surface area contributed by atoms with Gasteiger partial charge in [0.25, 0.3) is 11.8 Å². The number of rotatable bonds is 13. The van der Waals surface area contributed by atoms with Gasteiger partial charge in [0.2, 0.25) is 0 Å². The molecular weight excluding hydrogens is 520 g/mol. The Balaban J connectivity index is 1.41. The van der Waals surface area contributed by atoms with Crippen LogP contribution in [0.15, 0.2) is 121 Å². The molecule has 0 bridgehead atoms. The lowest BCUT2D eigenvalue weighted by Gasteiger charge is -2.29. The van der Waals surface area contributed by atoms with Gasteiger partial charge in [0.15, 0.2) is 0 Å². The summed E-state index contributed by atoms with van der Waals surface area (Å²) in [5.41, 5.74) is 2.66. The molecule has 0 saturated heterocycles. The smallest absolute Gasteiger partial charge is 0.255 e. The Labute approximate surface area is 248 Å². The summed E-state index contributed by atoms with van der Waals surface area (Å²) in [6.45, 7) is 0.858. The highest BCUT2D eigenvalue weighted by atomic mass is 16.2. The lowest BCUT2D eigenvalue weighted by Crippen LogP contribution is -2.35. The zero-order chi connectivity index (χ0) is 29.6. The van der Waals surface area contributed by atoms with Gasteiger partial charge in [-0.15, -0.1) is 0 Å². The average molecular weight is 555 g/mol. The van der Waals surface area contributed by atoms with Crippen molar-refractivity contribution in [3.63, 3.8) is 0 Å². The Morgan fingerprint density at radius 1 is 0.500 bits per heavy atom. The molecule has 2 atom stereocenters. The maximum Gasteiger partial charge on any atom is 0.255 e. The van der Waals surface area contributed by atoms with Gasteiger partial charge < -0.3 is 9.80 Å². The molecule has 0 aliphatic rings. The van der Waals surface area contributed by atoms with Crippen LogP contribution >= 0.6 is 0 Å². The largest absolute Gasteiger partial charge is 0.319 e. The third-order valence-corrected chi connectivity index (χ3v) is 7.21. The van der Waals surface area contributed by atoms with Crippen molar-refractivity contribution in [2.24, 2.45) is 0 Å². The Bertz CT molecular complexity index is 1380. The predicted molar refractivity (Wildman–Crippen MR) is 163 cm³/mol. The van der Waals surface area contributed by atoms with Crippen LogP contribution in [0.2, 0.25) is 0 Å². The first-order valence-electron chi connectivity index (χ1n) is 14.2. The van der Waals surface area contributed by atoms with Gasteiger partial charge in [0.05, 0.1) is 12.1 Å². The molecule has 4 aromatic carbocycles. The second-order valence-corrected chi connectivity index (χ2v) is 10.0. The molecule has 2 amide bonds. The van der Waals surface area contributed by atoms with Crippen molar-refractivity contribution in [2.45, 2.75) is 37.8 Å². The number of amides is 2. The topological polar surface area (TPSA) is 88.2 Å². The number of nitrogens with zero attached hydrogens (tertiary/aromatic N) is 4. The Morgan fingerprint density at radius 2 is 0.810 bits per heavy atom. The summed E-state index contributed by atoms with van der Waals surface area (Å²) in [4.78, 5) is 30.3. The Kier molecular flexibility index (Phi) is 11.0. The minimum absolute atomic E-state index is 0.176. The molecule has 0 spiro atoms.